The van der Waals surface area contributed by atoms with Gasteiger partial charge in [-0.2, -0.15) is 0 Å². The number of carboxylic acid groups (broad SMARTS) is 1. The lowest BCUT2D eigenvalue weighted by Crippen LogP contribution is -2.32. The quantitative estimate of drug-likeness (QED) is 0.328. The molecular weight excluding hydrogens is 174 g/mol. The Morgan fingerprint density at radius 3 is 2.85 bits per heavy atom. The normalized spacial score (nSPS) is 12.1. The van der Waals surface area contributed by atoms with Crippen LogP contribution < -0.4 is 11.1 Å². The number of rotatable bonds is 6. The largest absolute Gasteiger partial charge is 0.480 e. The molecule has 0 aliphatic rings. The fourth-order valence-corrected chi connectivity index (χ4v) is 0.707. The molecule has 0 aromatic heterocycles. The highest BCUT2D eigenvalue weighted by molar-refractivity contribution is 5.74. The molecule has 0 aromatic carbocycles. The Labute approximate surface area is 76.6 Å². The van der Waals surface area contributed by atoms with Gasteiger partial charge in [-0.25, -0.2) is 4.79 Å². The van der Waals surface area contributed by atoms with Crippen LogP contribution in [0.2, 0.25) is 0 Å². The van der Waals surface area contributed by atoms with E-state index in [0.29, 0.717) is 13.0 Å². The van der Waals surface area contributed by atoms with E-state index in [4.69, 9.17) is 21.0 Å². The Morgan fingerprint density at radius 2 is 2.38 bits per heavy atom. The first-order chi connectivity index (χ1) is 6.02. The molecule has 0 radical (unpaired) electrons. The Hall–Kier alpha value is -1.30. The predicted octanol–water partition coefficient (Wildman–Crippen LogP) is -0.651. The van der Waals surface area contributed by atoms with E-state index in [2.05, 4.69) is 5.32 Å². The molecule has 76 valence electrons. The number of hydrogen-bond donors (Lipinski definition) is 4. The molecule has 0 heterocycles. The highest BCUT2D eigenvalue weighted by Gasteiger charge is 2.04. The second kappa shape index (κ2) is 6.24. The molecule has 0 aromatic rings. The second-order valence-corrected chi connectivity index (χ2v) is 2.64. The molecule has 0 fully saturated rings. The summed E-state index contributed by atoms with van der Waals surface area (Å²) in [6.45, 7) is 1.99. The maximum atomic E-state index is 10.1. The van der Waals surface area contributed by atoms with Crippen LogP contribution in [0.25, 0.3) is 0 Å². The minimum Gasteiger partial charge on any atom is -0.480 e. The van der Waals surface area contributed by atoms with Crippen LogP contribution in [-0.4, -0.2) is 36.3 Å². The monoisotopic (exact) mass is 189 g/mol. The Bertz CT molecular complexity index is 184. The SMILES string of the molecule is CC(CCNC(=N)N)OCC(=O)O. The molecule has 0 aliphatic carbocycles. The molecule has 1 atom stereocenters. The van der Waals surface area contributed by atoms with Crippen molar-refractivity contribution in [2.75, 3.05) is 13.2 Å². The summed E-state index contributed by atoms with van der Waals surface area (Å²) in [7, 11) is 0. The third-order valence-electron chi connectivity index (χ3n) is 1.36. The van der Waals surface area contributed by atoms with Crippen LogP contribution in [-0.2, 0) is 9.53 Å². The molecule has 5 N–H and O–H groups in total. The van der Waals surface area contributed by atoms with E-state index in [-0.39, 0.29) is 18.7 Å². The predicted molar refractivity (Wildman–Crippen MR) is 47.6 cm³/mol. The van der Waals surface area contributed by atoms with E-state index in [1.807, 2.05) is 0 Å². The van der Waals surface area contributed by atoms with Crippen LogP contribution >= 0.6 is 0 Å². The van der Waals surface area contributed by atoms with Gasteiger partial charge in [-0.15, -0.1) is 0 Å². The zero-order chi connectivity index (χ0) is 10.3. The molecular formula is C7H15N3O3. The number of carboxylic acids is 1. The maximum Gasteiger partial charge on any atom is 0.329 e. The van der Waals surface area contributed by atoms with E-state index in [1.54, 1.807) is 6.92 Å². The summed E-state index contributed by atoms with van der Waals surface area (Å²) in [6.07, 6.45) is 0.468. The Balaban J connectivity index is 3.35. The van der Waals surface area contributed by atoms with Gasteiger partial charge in [0.25, 0.3) is 0 Å². The van der Waals surface area contributed by atoms with Gasteiger partial charge in [0.15, 0.2) is 5.96 Å². The second-order valence-electron chi connectivity index (χ2n) is 2.64. The van der Waals surface area contributed by atoms with Crippen molar-refractivity contribution in [1.82, 2.24) is 5.32 Å². The molecule has 0 saturated carbocycles. The highest BCUT2D eigenvalue weighted by atomic mass is 16.5. The molecule has 0 spiro atoms. The van der Waals surface area contributed by atoms with Gasteiger partial charge in [-0.1, -0.05) is 0 Å². The van der Waals surface area contributed by atoms with Crippen LogP contribution in [0.3, 0.4) is 0 Å². The smallest absolute Gasteiger partial charge is 0.329 e. The number of aliphatic carboxylic acids is 1. The standard InChI is InChI=1S/C7H15N3O3/c1-5(13-4-6(11)12)2-3-10-7(8)9/h5H,2-4H2,1H3,(H,11,12)(H4,8,9,10). The molecule has 6 nitrogen and oxygen atoms in total. The minimum atomic E-state index is -0.980. The van der Waals surface area contributed by atoms with Crippen molar-refractivity contribution in [3.8, 4) is 0 Å². The van der Waals surface area contributed by atoms with E-state index in [0.717, 1.165) is 0 Å². The zero-order valence-electron chi connectivity index (χ0n) is 7.54. The fraction of sp³-hybridized carbons (Fsp3) is 0.714. The van der Waals surface area contributed by atoms with Crippen LogP contribution in [0, 0.1) is 5.41 Å². The van der Waals surface area contributed by atoms with Gasteiger partial charge < -0.3 is 20.9 Å². The number of nitrogens with one attached hydrogen (secondary N) is 2. The molecule has 0 aliphatic heterocycles. The van der Waals surface area contributed by atoms with E-state index < -0.39 is 5.97 Å². The summed E-state index contributed by atoms with van der Waals surface area (Å²) < 4.78 is 4.93. The van der Waals surface area contributed by atoms with Gasteiger partial charge in [0.1, 0.15) is 6.61 Å². The number of ether oxygens (including phenoxy) is 1. The topological polar surface area (TPSA) is 108 Å². The first-order valence-electron chi connectivity index (χ1n) is 3.93. The van der Waals surface area contributed by atoms with E-state index in [9.17, 15) is 4.79 Å². The fourth-order valence-electron chi connectivity index (χ4n) is 0.707. The summed E-state index contributed by atoms with van der Waals surface area (Å²) in [5, 5.41) is 17.7. The summed E-state index contributed by atoms with van der Waals surface area (Å²) in [5.41, 5.74) is 5.04. The van der Waals surface area contributed by atoms with Gasteiger partial charge in [0, 0.05) is 6.54 Å². The zero-order valence-corrected chi connectivity index (χ0v) is 7.54. The van der Waals surface area contributed by atoms with Crippen molar-refractivity contribution in [1.29, 1.82) is 5.41 Å². The average molecular weight is 189 g/mol. The molecule has 0 rings (SSSR count). The Kier molecular flexibility index (Phi) is 5.62. The first kappa shape index (κ1) is 11.7. The van der Waals surface area contributed by atoms with Crippen molar-refractivity contribution < 1.29 is 14.6 Å². The third kappa shape index (κ3) is 8.61. The molecule has 6 heteroatoms. The summed E-state index contributed by atoms with van der Waals surface area (Å²) in [6, 6.07) is 0. The lowest BCUT2D eigenvalue weighted by Gasteiger charge is -2.11. The van der Waals surface area contributed by atoms with Gasteiger partial charge >= 0.3 is 5.97 Å². The van der Waals surface area contributed by atoms with Crippen molar-refractivity contribution >= 4 is 11.9 Å². The summed E-state index contributed by atoms with van der Waals surface area (Å²) >= 11 is 0. The summed E-state index contributed by atoms with van der Waals surface area (Å²) in [5.74, 6) is -1.07. The summed E-state index contributed by atoms with van der Waals surface area (Å²) in [4.78, 5) is 10.1. The first-order valence-corrected chi connectivity index (χ1v) is 3.93. The van der Waals surface area contributed by atoms with Crippen LogP contribution in [0.4, 0.5) is 0 Å². The maximum absolute atomic E-state index is 10.1. The van der Waals surface area contributed by atoms with Crippen molar-refractivity contribution in [2.45, 2.75) is 19.4 Å². The van der Waals surface area contributed by atoms with E-state index >= 15 is 0 Å². The highest BCUT2D eigenvalue weighted by Crippen LogP contribution is 1.95. The molecule has 0 amide bonds. The van der Waals surface area contributed by atoms with Gasteiger partial charge in [-0.3, -0.25) is 5.41 Å². The number of guanidine groups is 1. The van der Waals surface area contributed by atoms with Crippen molar-refractivity contribution in [3.05, 3.63) is 0 Å². The van der Waals surface area contributed by atoms with Gasteiger partial charge in [-0.05, 0) is 13.3 Å². The Morgan fingerprint density at radius 1 is 1.77 bits per heavy atom. The molecule has 0 bridgehead atoms. The van der Waals surface area contributed by atoms with Crippen molar-refractivity contribution in [2.24, 2.45) is 5.73 Å². The lowest BCUT2D eigenvalue weighted by atomic mass is 10.3. The van der Waals surface area contributed by atoms with Crippen LogP contribution in [0.5, 0.6) is 0 Å². The minimum absolute atomic E-state index is 0.0922. The number of nitrogens with two attached hydrogens (primary N) is 1. The number of carbonyl (C=O) groups is 1. The van der Waals surface area contributed by atoms with Gasteiger partial charge in [0.2, 0.25) is 0 Å². The third-order valence-corrected chi connectivity index (χ3v) is 1.36. The van der Waals surface area contributed by atoms with Crippen LogP contribution in [0.1, 0.15) is 13.3 Å². The van der Waals surface area contributed by atoms with E-state index in [1.165, 1.54) is 0 Å². The van der Waals surface area contributed by atoms with Crippen molar-refractivity contribution in [3.63, 3.8) is 0 Å². The lowest BCUT2D eigenvalue weighted by molar-refractivity contribution is -0.144. The van der Waals surface area contributed by atoms with Crippen LogP contribution in [0.15, 0.2) is 0 Å². The van der Waals surface area contributed by atoms with Gasteiger partial charge in [0.05, 0.1) is 6.10 Å². The molecule has 13 heavy (non-hydrogen) atoms. The molecule has 1 unspecified atom stereocenters. The number of hydrogen-bond acceptors (Lipinski definition) is 3. The molecule has 0 saturated heterocycles. The average Bonchev–Trinajstić information content (AvgIpc) is 2.00.